The molecule has 4 rings (SSSR count). The Morgan fingerprint density at radius 1 is 1.12 bits per heavy atom. The Bertz CT molecular complexity index is 1040. The molecule has 0 aliphatic carbocycles. The second-order valence-corrected chi connectivity index (χ2v) is 7.26. The Hall–Kier alpha value is -2.36. The highest BCUT2D eigenvalue weighted by molar-refractivity contribution is 6.31. The number of benzene rings is 2. The van der Waals surface area contributed by atoms with E-state index in [9.17, 15) is 4.79 Å². The van der Waals surface area contributed by atoms with Crippen LogP contribution in [0.15, 0.2) is 59.4 Å². The Kier molecular flexibility index (Phi) is 4.66. The number of aryl methyl sites for hydroxylation is 1. The quantitative estimate of drug-likeness (QED) is 0.726. The van der Waals surface area contributed by atoms with Crippen molar-refractivity contribution in [2.45, 2.75) is 19.9 Å². The van der Waals surface area contributed by atoms with Gasteiger partial charge in [-0.3, -0.25) is 9.69 Å². The van der Waals surface area contributed by atoms with E-state index in [1.54, 1.807) is 6.07 Å². The van der Waals surface area contributed by atoms with E-state index in [1.807, 2.05) is 19.1 Å². The van der Waals surface area contributed by atoms with E-state index in [-0.39, 0.29) is 5.56 Å². The molecule has 1 N–H and O–H groups in total. The SMILES string of the molecule is Cc1[nH]c(=O)c2cc(Cl)ccc2c1CN1CC=C(c2ccccc2)CC1. The molecule has 1 aromatic heterocycles. The van der Waals surface area contributed by atoms with Gasteiger partial charge in [-0.25, -0.2) is 0 Å². The Morgan fingerprint density at radius 2 is 1.92 bits per heavy atom. The summed E-state index contributed by atoms with van der Waals surface area (Å²) in [6.45, 7) is 4.71. The molecule has 0 spiro atoms. The van der Waals surface area contributed by atoms with Crippen molar-refractivity contribution in [2.24, 2.45) is 0 Å². The topological polar surface area (TPSA) is 36.1 Å². The molecule has 3 nitrogen and oxygen atoms in total. The lowest BCUT2D eigenvalue weighted by atomic mass is 9.98. The molecule has 2 aromatic carbocycles. The van der Waals surface area contributed by atoms with Gasteiger partial charge < -0.3 is 4.98 Å². The van der Waals surface area contributed by atoms with E-state index in [1.165, 1.54) is 16.7 Å². The molecule has 2 heterocycles. The van der Waals surface area contributed by atoms with Crippen LogP contribution in [0.3, 0.4) is 0 Å². The fourth-order valence-electron chi connectivity index (χ4n) is 3.68. The maximum absolute atomic E-state index is 12.3. The Balaban J connectivity index is 1.61. The number of hydrogen-bond acceptors (Lipinski definition) is 2. The molecule has 0 amide bonds. The molecule has 0 saturated carbocycles. The summed E-state index contributed by atoms with van der Waals surface area (Å²) in [5.74, 6) is 0. The van der Waals surface area contributed by atoms with Gasteiger partial charge in [-0.05, 0) is 47.6 Å². The number of hydrogen-bond donors (Lipinski definition) is 1. The monoisotopic (exact) mass is 364 g/mol. The third-order valence-electron chi connectivity index (χ3n) is 5.12. The maximum atomic E-state index is 12.3. The first kappa shape index (κ1) is 17.1. The largest absolute Gasteiger partial charge is 0.326 e. The second-order valence-electron chi connectivity index (χ2n) is 6.83. The summed E-state index contributed by atoms with van der Waals surface area (Å²) in [5.41, 5.74) is 4.76. The summed E-state index contributed by atoms with van der Waals surface area (Å²) in [6.07, 6.45) is 3.36. The minimum absolute atomic E-state index is 0.0753. The van der Waals surface area contributed by atoms with Crippen molar-refractivity contribution in [3.8, 4) is 0 Å². The predicted octanol–water partition coefficient (Wildman–Crippen LogP) is 4.78. The number of nitrogens with one attached hydrogen (secondary N) is 1. The molecule has 26 heavy (non-hydrogen) atoms. The molecule has 1 aliphatic rings. The van der Waals surface area contributed by atoms with Crippen LogP contribution in [0.5, 0.6) is 0 Å². The van der Waals surface area contributed by atoms with Crippen molar-refractivity contribution in [2.75, 3.05) is 13.1 Å². The van der Waals surface area contributed by atoms with Crippen LogP contribution < -0.4 is 5.56 Å². The van der Waals surface area contributed by atoms with Gasteiger partial charge in [-0.15, -0.1) is 0 Å². The average molecular weight is 365 g/mol. The number of aromatic amines is 1. The highest BCUT2D eigenvalue weighted by Crippen LogP contribution is 2.26. The molecule has 132 valence electrons. The normalized spacial score (nSPS) is 15.2. The van der Waals surface area contributed by atoms with E-state index in [4.69, 9.17) is 11.6 Å². The third-order valence-corrected chi connectivity index (χ3v) is 5.36. The van der Waals surface area contributed by atoms with Crippen molar-refractivity contribution in [3.05, 3.63) is 86.8 Å². The molecule has 3 aromatic rings. The van der Waals surface area contributed by atoms with Crippen LogP contribution in [0, 0.1) is 6.92 Å². The van der Waals surface area contributed by atoms with Gasteiger partial charge in [0.25, 0.3) is 5.56 Å². The maximum Gasteiger partial charge on any atom is 0.256 e. The van der Waals surface area contributed by atoms with E-state index >= 15 is 0 Å². The zero-order chi connectivity index (χ0) is 18.1. The first-order chi connectivity index (χ1) is 12.6. The lowest BCUT2D eigenvalue weighted by Crippen LogP contribution is -2.29. The minimum Gasteiger partial charge on any atom is -0.326 e. The molecule has 4 heteroatoms. The molecule has 0 unspecified atom stereocenters. The van der Waals surface area contributed by atoms with Crippen molar-refractivity contribution in [3.63, 3.8) is 0 Å². The molecule has 0 saturated heterocycles. The number of rotatable bonds is 3. The van der Waals surface area contributed by atoms with Gasteiger partial charge in [0.2, 0.25) is 0 Å². The van der Waals surface area contributed by atoms with Crippen LogP contribution in [0.1, 0.15) is 23.2 Å². The first-order valence-electron chi connectivity index (χ1n) is 8.89. The van der Waals surface area contributed by atoms with Gasteiger partial charge in [-0.1, -0.05) is 54.1 Å². The molecule has 0 bridgehead atoms. The number of halogens is 1. The highest BCUT2D eigenvalue weighted by atomic mass is 35.5. The van der Waals surface area contributed by atoms with Gasteiger partial charge in [-0.2, -0.15) is 0 Å². The van der Waals surface area contributed by atoms with Gasteiger partial charge >= 0.3 is 0 Å². The van der Waals surface area contributed by atoms with Gasteiger partial charge in [0.05, 0.1) is 0 Å². The lowest BCUT2D eigenvalue weighted by molar-refractivity contribution is 0.294. The van der Waals surface area contributed by atoms with Crippen molar-refractivity contribution in [1.82, 2.24) is 9.88 Å². The van der Waals surface area contributed by atoms with Crippen LogP contribution in [0.25, 0.3) is 16.3 Å². The zero-order valence-corrected chi connectivity index (χ0v) is 15.5. The predicted molar refractivity (Wildman–Crippen MR) is 109 cm³/mol. The summed E-state index contributed by atoms with van der Waals surface area (Å²) < 4.78 is 0. The third kappa shape index (κ3) is 3.33. The number of pyridine rings is 1. The van der Waals surface area contributed by atoms with Gasteiger partial charge in [0.15, 0.2) is 0 Å². The average Bonchev–Trinajstić information content (AvgIpc) is 2.66. The standard InChI is InChI=1S/C22H21ClN2O/c1-15-21(19-8-7-18(23)13-20(19)22(26)24-15)14-25-11-9-17(10-12-25)16-5-3-2-4-6-16/h2-9,13H,10-12,14H2,1H3,(H,24,26). The number of H-pyrrole nitrogens is 1. The first-order valence-corrected chi connectivity index (χ1v) is 9.27. The fraction of sp³-hybridized carbons (Fsp3) is 0.227. The van der Waals surface area contributed by atoms with Crippen LogP contribution in [-0.2, 0) is 6.54 Å². The van der Waals surface area contributed by atoms with Crippen LogP contribution in [0.2, 0.25) is 5.02 Å². The summed E-state index contributed by atoms with van der Waals surface area (Å²) in [7, 11) is 0. The summed E-state index contributed by atoms with van der Waals surface area (Å²) in [4.78, 5) is 17.7. The van der Waals surface area contributed by atoms with Crippen molar-refractivity contribution >= 4 is 27.9 Å². The van der Waals surface area contributed by atoms with E-state index in [0.29, 0.717) is 10.4 Å². The molecular formula is C22H21ClN2O. The molecule has 0 atom stereocenters. The van der Waals surface area contributed by atoms with Crippen molar-refractivity contribution < 1.29 is 0 Å². The van der Waals surface area contributed by atoms with E-state index in [0.717, 1.165) is 37.1 Å². The Labute approximate surface area is 157 Å². The molecule has 0 radical (unpaired) electrons. The van der Waals surface area contributed by atoms with Crippen molar-refractivity contribution in [1.29, 1.82) is 0 Å². The second kappa shape index (κ2) is 7.10. The summed E-state index contributed by atoms with van der Waals surface area (Å²) in [5, 5.41) is 2.25. The number of aromatic nitrogens is 1. The lowest BCUT2D eigenvalue weighted by Gasteiger charge is -2.27. The van der Waals surface area contributed by atoms with E-state index < -0.39 is 0 Å². The van der Waals surface area contributed by atoms with Gasteiger partial charge in [0.1, 0.15) is 0 Å². The smallest absolute Gasteiger partial charge is 0.256 e. The van der Waals surface area contributed by atoms with Crippen LogP contribution in [-0.4, -0.2) is 23.0 Å². The summed E-state index contributed by atoms with van der Waals surface area (Å²) >= 11 is 6.08. The molecule has 0 fully saturated rings. The van der Waals surface area contributed by atoms with Crippen LogP contribution >= 0.6 is 11.6 Å². The number of nitrogens with zero attached hydrogens (tertiary/aromatic N) is 1. The van der Waals surface area contributed by atoms with Crippen LogP contribution in [0.4, 0.5) is 0 Å². The summed E-state index contributed by atoms with van der Waals surface area (Å²) in [6, 6.07) is 16.1. The fourth-order valence-corrected chi connectivity index (χ4v) is 3.85. The zero-order valence-electron chi connectivity index (χ0n) is 14.8. The van der Waals surface area contributed by atoms with Gasteiger partial charge in [0, 0.05) is 35.7 Å². The highest BCUT2D eigenvalue weighted by Gasteiger charge is 2.16. The molecule has 1 aliphatic heterocycles. The number of fused-ring (bicyclic) bond motifs is 1. The van der Waals surface area contributed by atoms with E-state index in [2.05, 4.69) is 46.3 Å². The Morgan fingerprint density at radius 3 is 2.65 bits per heavy atom. The minimum atomic E-state index is -0.0753. The molecular weight excluding hydrogens is 344 g/mol.